The van der Waals surface area contributed by atoms with Crippen LogP contribution in [0.5, 0.6) is 0 Å². The van der Waals surface area contributed by atoms with E-state index in [0.29, 0.717) is 32.2 Å². The topological polar surface area (TPSA) is 122 Å². The first-order valence-corrected chi connectivity index (χ1v) is 10.2. The molecule has 0 bridgehead atoms. The van der Waals surface area contributed by atoms with Crippen molar-refractivity contribution < 1.29 is 40.6 Å². The van der Waals surface area contributed by atoms with Crippen molar-refractivity contribution in [3.63, 3.8) is 0 Å². The lowest BCUT2D eigenvalue weighted by molar-refractivity contribution is -0.192. The van der Waals surface area contributed by atoms with E-state index in [2.05, 4.69) is 14.7 Å². The van der Waals surface area contributed by atoms with Gasteiger partial charge in [-0.25, -0.2) is 32.3 Å². The van der Waals surface area contributed by atoms with E-state index in [1.807, 2.05) is 4.90 Å². The number of carboxylic acids is 1. The molecule has 29 heavy (non-hydrogen) atoms. The van der Waals surface area contributed by atoms with Crippen molar-refractivity contribution in [2.75, 3.05) is 36.9 Å². The van der Waals surface area contributed by atoms with Gasteiger partial charge in [-0.2, -0.15) is 13.2 Å². The third kappa shape index (κ3) is 6.47. The summed E-state index contributed by atoms with van der Waals surface area (Å²) >= 11 is 0. The lowest BCUT2D eigenvalue weighted by atomic mass is 9.93. The summed E-state index contributed by atoms with van der Waals surface area (Å²) in [5.41, 5.74) is 0. The fourth-order valence-corrected chi connectivity index (χ4v) is 3.65. The van der Waals surface area contributed by atoms with Crippen LogP contribution < -0.4 is 9.62 Å². The molecule has 164 valence electrons. The van der Waals surface area contributed by atoms with E-state index in [4.69, 9.17) is 14.6 Å². The van der Waals surface area contributed by atoms with Crippen LogP contribution in [-0.4, -0.2) is 73.7 Å². The molecule has 3 rings (SSSR count). The zero-order valence-electron chi connectivity index (χ0n) is 15.3. The molecule has 0 unspecified atom stereocenters. The number of sulfonamides is 1. The highest BCUT2D eigenvalue weighted by molar-refractivity contribution is 7.89. The molecule has 2 fully saturated rings. The Morgan fingerprint density at radius 3 is 2.45 bits per heavy atom. The van der Waals surface area contributed by atoms with Gasteiger partial charge in [0.1, 0.15) is 0 Å². The summed E-state index contributed by atoms with van der Waals surface area (Å²) in [6.07, 6.45) is -2.75. The number of nitrogens with zero attached hydrogens (tertiary/aromatic N) is 3. The second-order valence-electron chi connectivity index (χ2n) is 6.46. The second-order valence-corrected chi connectivity index (χ2v) is 8.55. The van der Waals surface area contributed by atoms with Gasteiger partial charge in [-0.1, -0.05) is 0 Å². The number of carbonyl (C=O) groups is 1. The van der Waals surface area contributed by atoms with Gasteiger partial charge in [0.2, 0.25) is 16.0 Å². The average Bonchev–Trinajstić information content (AvgIpc) is 3.21. The summed E-state index contributed by atoms with van der Waals surface area (Å²) < 4.78 is 76.1. The fourth-order valence-electron chi connectivity index (χ4n) is 2.98. The molecule has 0 amide bonds. The Labute approximate surface area is 164 Å². The number of halogens is 4. The van der Waals surface area contributed by atoms with Crippen molar-refractivity contribution >= 4 is 21.9 Å². The Morgan fingerprint density at radius 2 is 1.93 bits per heavy atom. The Kier molecular flexibility index (Phi) is 7.35. The highest BCUT2D eigenvalue weighted by atomic mass is 32.2. The van der Waals surface area contributed by atoms with Crippen LogP contribution in [0.4, 0.5) is 23.5 Å². The number of fused-ring (bicyclic) bond motifs is 1. The van der Waals surface area contributed by atoms with Crippen LogP contribution in [0.3, 0.4) is 0 Å². The van der Waals surface area contributed by atoms with Gasteiger partial charge >= 0.3 is 12.1 Å². The third-order valence-corrected chi connectivity index (χ3v) is 5.88. The van der Waals surface area contributed by atoms with E-state index < -0.39 is 28.0 Å². The highest BCUT2D eigenvalue weighted by Crippen LogP contribution is 2.34. The summed E-state index contributed by atoms with van der Waals surface area (Å²) in [7, 11) is -3.19. The molecular weight excluding hydrogens is 424 g/mol. The number of nitrogens with one attached hydrogen (secondary N) is 1. The number of hydrogen-bond donors (Lipinski definition) is 2. The predicted molar refractivity (Wildman–Crippen MR) is 92.1 cm³/mol. The number of anilines is 1. The average molecular weight is 444 g/mol. The predicted octanol–water partition coefficient (Wildman–Crippen LogP) is 0.639. The Balaban J connectivity index is 0.000000370. The molecule has 0 spiro atoms. The van der Waals surface area contributed by atoms with Crippen LogP contribution in [0.15, 0.2) is 12.4 Å². The number of rotatable bonds is 5. The van der Waals surface area contributed by atoms with Gasteiger partial charge in [-0.05, 0) is 6.92 Å². The summed E-state index contributed by atoms with van der Waals surface area (Å²) in [5.74, 6) is -2.31. The fraction of sp³-hybridized carbons (Fsp3) is 0.667. The SMILES string of the molecule is CCS(=O)(=O)NC[C@H]1CO[C@@H]2CN(c3ncc(F)cn3)C[C@H]12.O=C(O)C(F)(F)F. The van der Waals surface area contributed by atoms with E-state index in [9.17, 15) is 26.0 Å². The van der Waals surface area contributed by atoms with Crippen molar-refractivity contribution in [3.05, 3.63) is 18.2 Å². The molecule has 2 aliphatic rings. The number of ether oxygens (including phenoxy) is 1. The number of alkyl halides is 3. The summed E-state index contributed by atoms with van der Waals surface area (Å²) in [6, 6.07) is 0. The number of hydrogen-bond acceptors (Lipinski definition) is 7. The van der Waals surface area contributed by atoms with Crippen molar-refractivity contribution in [1.29, 1.82) is 0 Å². The molecule has 2 N–H and O–H groups in total. The van der Waals surface area contributed by atoms with Crippen LogP contribution >= 0.6 is 0 Å². The summed E-state index contributed by atoms with van der Waals surface area (Å²) in [5, 5.41) is 7.12. The van der Waals surface area contributed by atoms with E-state index in [-0.39, 0.29) is 23.7 Å². The van der Waals surface area contributed by atoms with Gasteiger partial charge in [-0.15, -0.1) is 0 Å². The smallest absolute Gasteiger partial charge is 0.475 e. The first-order chi connectivity index (χ1) is 13.4. The number of aliphatic carboxylic acids is 1. The quantitative estimate of drug-likeness (QED) is 0.635. The molecule has 0 saturated carbocycles. The molecule has 14 heteroatoms. The summed E-state index contributed by atoms with van der Waals surface area (Å²) in [4.78, 5) is 18.8. The number of carboxylic acid groups (broad SMARTS) is 1. The van der Waals surface area contributed by atoms with E-state index in [1.165, 1.54) is 0 Å². The van der Waals surface area contributed by atoms with Gasteiger partial charge < -0.3 is 14.7 Å². The lowest BCUT2D eigenvalue weighted by Gasteiger charge is -2.19. The Bertz CT molecular complexity index is 806. The Morgan fingerprint density at radius 1 is 1.34 bits per heavy atom. The third-order valence-electron chi connectivity index (χ3n) is 4.52. The van der Waals surface area contributed by atoms with Crippen LogP contribution in [-0.2, 0) is 19.6 Å². The molecule has 0 aliphatic carbocycles. The summed E-state index contributed by atoms with van der Waals surface area (Å²) in [6.45, 7) is 3.89. The van der Waals surface area contributed by atoms with Crippen LogP contribution in [0.25, 0.3) is 0 Å². The minimum Gasteiger partial charge on any atom is -0.475 e. The van der Waals surface area contributed by atoms with Crippen molar-refractivity contribution in [2.24, 2.45) is 11.8 Å². The molecule has 3 heterocycles. The van der Waals surface area contributed by atoms with Gasteiger partial charge in [0, 0.05) is 31.5 Å². The molecular formula is C15H20F4N4O5S. The lowest BCUT2D eigenvalue weighted by Crippen LogP contribution is -2.35. The molecule has 1 aromatic heterocycles. The van der Waals surface area contributed by atoms with Crippen molar-refractivity contribution in [1.82, 2.24) is 14.7 Å². The minimum atomic E-state index is -5.08. The first-order valence-electron chi connectivity index (χ1n) is 8.54. The van der Waals surface area contributed by atoms with Gasteiger partial charge in [0.15, 0.2) is 5.82 Å². The normalized spacial score (nSPS) is 24.0. The van der Waals surface area contributed by atoms with Crippen LogP contribution in [0, 0.1) is 17.7 Å². The zero-order chi connectivity index (χ0) is 21.8. The molecule has 2 saturated heterocycles. The zero-order valence-corrected chi connectivity index (χ0v) is 16.1. The van der Waals surface area contributed by atoms with E-state index in [0.717, 1.165) is 12.4 Å². The number of aromatic nitrogens is 2. The molecule has 2 aliphatic heterocycles. The molecule has 0 aromatic carbocycles. The maximum Gasteiger partial charge on any atom is 0.490 e. The molecule has 9 nitrogen and oxygen atoms in total. The highest BCUT2D eigenvalue weighted by Gasteiger charge is 2.44. The van der Waals surface area contributed by atoms with Crippen LogP contribution in [0.2, 0.25) is 0 Å². The molecule has 1 aromatic rings. The molecule has 3 atom stereocenters. The van der Waals surface area contributed by atoms with Crippen molar-refractivity contribution in [3.8, 4) is 0 Å². The largest absolute Gasteiger partial charge is 0.490 e. The van der Waals surface area contributed by atoms with Crippen molar-refractivity contribution in [2.45, 2.75) is 19.2 Å². The van der Waals surface area contributed by atoms with Crippen LogP contribution in [0.1, 0.15) is 6.92 Å². The minimum absolute atomic E-state index is 0.0461. The maximum atomic E-state index is 12.9. The van der Waals surface area contributed by atoms with E-state index >= 15 is 0 Å². The van der Waals surface area contributed by atoms with E-state index in [1.54, 1.807) is 6.92 Å². The monoisotopic (exact) mass is 444 g/mol. The van der Waals surface area contributed by atoms with Gasteiger partial charge in [0.25, 0.3) is 0 Å². The molecule has 0 radical (unpaired) electrons. The van der Waals surface area contributed by atoms with Gasteiger partial charge in [0.05, 0.1) is 30.9 Å². The Hall–Kier alpha value is -2.06. The second kappa shape index (κ2) is 9.17. The standard InChI is InChI=1S/C13H19FN4O3S.C2HF3O2/c1-2-22(19,20)17-3-9-8-21-12-7-18(6-11(9)12)13-15-4-10(14)5-16-13;3-2(4,5)1(6)7/h4-5,9,11-12,17H,2-3,6-8H2,1H3;(H,6,7)/t9-,11+,12+;/m0./s1. The first kappa shape index (κ1) is 23.2. The maximum absolute atomic E-state index is 12.9. The van der Waals surface area contributed by atoms with Gasteiger partial charge in [-0.3, -0.25) is 0 Å².